The summed E-state index contributed by atoms with van der Waals surface area (Å²) in [5.41, 5.74) is 1.35. The lowest BCUT2D eigenvalue weighted by Gasteiger charge is -2.07. The molecule has 0 aliphatic rings. The predicted octanol–water partition coefficient (Wildman–Crippen LogP) is 2.26. The monoisotopic (exact) mass is 393 g/mol. The van der Waals surface area contributed by atoms with Crippen LogP contribution in [0.3, 0.4) is 0 Å². The molecule has 0 saturated heterocycles. The molecule has 2 heterocycles. The predicted molar refractivity (Wildman–Crippen MR) is 108 cm³/mol. The quantitative estimate of drug-likeness (QED) is 0.577. The van der Waals surface area contributed by atoms with E-state index in [9.17, 15) is 9.59 Å². The highest BCUT2D eigenvalue weighted by molar-refractivity contribution is 5.76. The first kappa shape index (κ1) is 20.2. The maximum atomic E-state index is 12.3. The van der Waals surface area contributed by atoms with Crippen molar-refractivity contribution in [2.24, 2.45) is 0 Å². The average molecular weight is 393 g/mol. The van der Waals surface area contributed by atoms with Crippen LogP contribution in [0.4, 0.5) is 0 Å². The van der Waals surface area contributed by atoms with Gasteiger partial charge in [0.05, 0.1) is 18.8 Å². The Labute approximate surface area is 168 Å². The molecule has 0 fully saturated rings. The summed E-state index contributed by atoms with van der Waals surface area (Å²) < 4.78 is 5.60. The molecule has 29 heavy (non-hydrogen) atoms. The van der Waals surface area contributed by atoms with Crippen LogP contribution >= 0.6 is 0 Å². The van der Waals surface area contributed by atoms with Crippen molar-refractivity contribution in [1.29, 1.82) is 0 Å². The number of ether oxygens (including phenoxy) is 1. The van der Waals surface area contributed by atoms with E-state index in [1.54, 1.807) is 12.3 Å². The van der Waals surface area contributed by atoms with Gasteiger partial charge in [0.25, 0.3) is 5.56 Å². The van der Waals surface area contributed by atoms with Crippen LogP contribution in [-0.4, -0.2) is 32.7 Å². The van der Waals surface area contributed by atoms with Gasteiger partial charge in [-0.05, 0) is 30.7 Å². The molecule has 0 spiro atoms. The first-order chi connectivity index (χ1) is 14.2. The lowest BCUT2D eigenvalue weighted by atomic mass is 10.2. The Kier molecular flexibility index (Phi) is 7.05. The lowest BCUT2D eigenvalue weighted by molar-refractivity contribution is -0.121. The van der Waals surface area contributed by atoms with Crippen molar-refractivity contribution in [2.75, 3.05) is 6.61 Å². The fraction of sp³-hybridized carbons (Fsp3) is 0.286. The van der Waals surface area contributed by atoms with Crippen molar-refractivity contribution in [2.45, 2.75) is 32.7 Å². The number of carbonyl (C=O) groups excluding carboxylic acids is 1. The van der Waals surface area contributed by atoms with E-state index in [1.807, 2.05) is 43.3 Å². The molecule has 3 aromatic rings. The number of carbonyl (C=O) groups is 1. The first-order valence-corrected chi connectivity index (χ1v) is 9.51. The van der Waals surface area contributed by atoms with Crippen LogP contribution in [0.25, 0.3) is 11.4 Å². The fourth-order valence-electron chi connectivity index (χ4n) is 2.62. The van der Waals surface area contributed by atoms with E-state index in [4.69, 9.17) is 4.74 Å². The number of nitrogens with zero attached hydrogens (tertiary/aromatic N) is 3. The van der Waals surface area contributed by atoms with Crippen molar-refractivity contribution < 1.29 is 9.53 Å². The van der Waals surface area contributed by atoms with Crippen LogP contribution in [0, 0.1) is 0 Å². The van der Waals surface area contributed by atoms with Crippen molar-refractivity contribution in [3.63, 3.8) is 0 Å². The summed E-state index contributed by atoms with van der Waals surface area (Å²) in [5, 5.41) is 10.9. The molecule has 2 aromatic heterocycles. The third kappa shape index (κ3) is 5.97. The molecular weight excluding hydrogens is 370 g/mol. The van der Waals surface area contributed by atoms with Crippen LogP contribution in [0.2, 0.25) is 0 Å². The Morgan fingerprint density at radius 3 is 2.83 bits per heavy atom. The molecule has 0 saturated carbocycles. The van der Waals surface area contributed by atoms with Gasteiger partial charge >= 0.3 is 0 Å². The summed E-state index contributed by atoms with van der Waals surface area (Å²) in [6, 6.07) is 12.8. The molecule has 8 nitrogen and oxygen atoms in total. The van der Waals surface area contributed by atoms with Crippen LogP contribution in [0.1, 0.15) is 31.2 Å². The maximum absolute atomic E-state index is 12.3. The van der Waals surface area contributed by atoms with Gasteiger partial charge in [-0.2, -0.15) is 0 Å². The Balaban J connectivity index is 1.58. The fourth-order valence-corrected chi connectivity index (χ4v) is 2.62. The Morgan fingerprint density at radius 1 is 1.17 bits per heavy atom. The molecule has 3 rings (SSSR count). The van der Waals surface area contributed by atoms with Gasteiger partial charge in [-0.3, -0.25) is 14.6 Å². The van der Waals surface area contributed by atoms with Gasteiger partial charge in [0.2, 0.25) is 5.91 Å². The number of aryl methyl sites for hydroxylation is 1. The second-order valence-corrected chi connectivity index (χ2v) is 6.42. The third-order valence-corrected chi connectivity index (χ3v) is 4.13. The molecule has 150 valence electrons. The average Bonchev–Trinajstić information content (AvgIpc) is 2.76. The summed E-state index contributed by atoms with van der Waals surface area (Å²) >= 11 is 0. The van der Waals surface area contributed by atoms with E-state index in [0.29, 0.717) is 30.3 Å². The summed E-state index contributed by atoms with van der Waals surface area (Å²) in [5.74, 6) is 0.891. The van der Waals surface area contributed by atoms with E-state index < -0.39 is 0 Å². The topological polar surface area (TPSA) is 110 Å². The second-order valence-electron chi connectivity index (χ2n) is 6.42. The molecule has 1 aromatic carbocycles. The standard InChI is InChI=1S/C21H23N5O3/c1-2-12-29-17-8-5-6-15(13-17)20-24-21(28)18(25-26-20)9-10-19(27)23-14-16-7-3-4-11-22-16/h3-8,11,13H,2,9-10,12,14H2,1H3,(H,23,27)(H,24,26,28). The van der Waals surface area contributed by atoms with Gasteiger partial charge in [-0.25, -0.2) is 0 Å². The Morgan fingerprint density at radius 2 is 2.07 bits per heavy atom. The van der Waals surface area contributed by atoms with Crippen molar-refractivity contribution in [1.82, 2.24) is 25.5 Å². The molecule has 0 atom stereocenters. The molecule has 0 bridgehead atoms. The number of aromatic nitrogens is 4. The van der Waals surface area contributed by atoms with Gasteiger partial charge in [0, 0.05) is 24.6 Å². The van der Waals surface area contributed by atoms with E-state index in [1.165, 1.54) is 0 Å². The van der Waals surface area contributed by atoms with Gasteiger partial charge in [-0.1, -0.05) is 25.1 Å². The Bertz CT molecular complexity index is 1000. The maximum Gasteiger partial charge on any atom is 0.273 e. The third-order valence-electron chi connectivity index (χ3n) is 4.13. The highest BCUT2D eigenvalue weighted by Gasteiger charge is 2.10. The van der Waals surface area contributed by atoms with Crippen LogP contribution < -0.4 is 15.6 Å². The van der Waals surface area contributed by atoms with Crippen LogP contribution in [0.5, 0.6) is 5.75 Å². The SMILES string of the molecule is CCCOc1cccc(-c2nnc(CCC(=O)NCc3ccccn3)c(=O)[nH]2)c1. The number of nitrogens with one attached hydrogen (secondary N) is 2. The summed E-state index contributed by atoms with van der Waals surface area (Å²) in [6.07, 6.45) is 2.93. The summed E-state index contributed by atoms with van der Waals surface area (Å²) in [7, 11) is 0. The second kappa shape index (κ2) is 10.1. The molecule has 1 amide bonds. The minimum Gasteiger partial charge on any atom is -0.494 e. The molecule has 2 N–H and O–H groups in total. The highest BCUT2D eigenvalue weighted by atomic mass is 16.5. The Hall–Kier alpha value is -3.55. The number of amides is 1. The van der Waals surface area contributed by atoms with Gasteiger partial charge < -0.3 is 15.0 Å². The van der Waals surface area contributed by atoms with Gasteiger partial charge in [0.1, 0.15) is 11.4 Å². The number of H-pyrrole nitrogens is 1. The van der Waals surface area contributed by atoms with Crippen LogP contribution in [0.15, 0.2) is 53.5 Å². The zero-order valence-electron chi connectivity index (χ0n) is 16.2. The lowest BCUT2D eigenvalue weighted by Crippen LogP contribution is -2.25. The summed E-state index contributed by atoms with van der Waals surface area (Å²) in [4.78, 5) is 31.2. The van der Waals surface area contributed by atoms with Gasteiger partial charge in [0.15, 0.2) is 5.82 Å². The van der Waals surface area contributed by atoms with E-state index in [0.717, 1.165) is 12.1 Å². The molecule has 0 unspecified atom stereocenters. The van der Waals surface area contributed by atoms with E-state index in [2.05, 4.69) is 25.5 Å². The van der Waals surface area contributed by atoms with Crippen molar-refractivity contribution in [3.8, 4) is 17.1 Å². The minimum atomic E-state index is -0.354. The number of aromatic amines is 1. The molecule has 0 aliphatic heterocycles. The first-order valence-electron chi connectivity index (χ1n) is 9.51. The van der Waals surface area contributed by atoms with Crippen molar-refractivity contribution >= 4 is 5.91 Å². The molecular formula is C21H23N5O3. The number of hydrogen-bond acceptors (Lipinski definition) is 6. The zero-order chi connectivity index (χ0) is 20.5. The summed E-state index contributed by atoms with van der Waals surface area (Å²) in [6.45, 7) is 2.99. The highest BCUT2D eigenvalue weighted by Crippen LogP contribution is 2.20. The number of pyridine rings is 1. The normalized spacial score (nSPS) is 10.5. The van der Waals surface area contributed by atoms with Crippen molar-refractivity contribution in [3.05, 3.63) is 70.4 Å². The number of rotatable bonds is 9. The number of benzene rings is 1. The van der Waals surface area contributed by atoms with E-state index >= 15 is 0 Å². The molecule has 8 heteroatoms. The molecule has 0 aliphatic carbocycles. The van der Waals surface area contributed by atoms with Gasteiger partial charge in [-0.15, -0.1) is 10.2 Å². The van der Waals surface area contributed by atoms with E-state index in [-0.39, 0.29) is 30.0 Å². The molecule has 0 radical (unpaired) electrons. The largest absolute Gasteiger partial charge is 0.494 e. The smallest absolute Gasteiger partial charge is 0.273 e. The number of hydrogen-bond donors (Lipinski definition) is 2. The minimum absolute atomic E-state index is 0.143. The van der Waals surface area contributed by atoms with Crippen LogP contribution in [-0.2, 0) is 17.8 Å². The zero-order valence-corrected chi connectivity index (χ0v) is 16.2.